The molecule has 1 aliphatic carbocycles. The van der Waals surface area contributed by atoms with Crippen LogP contribution in [0.25, 0.3) is 0 Å². The van der Waals surface area contributed by atoms with Gasteiger partial charge >= 0.3 is 0 Å². The minimum absolute atomic E-state index is 0.0680. The minimum atomic E-state index is -0.923. The zero-order valence-corrected chi connectivity index (χ0v) is 4.87. The van der Waals surface area contributed by atoms with Gasteiger partial charge in [0.15, 0.2) is 5.78 Å². The first-order valence-electron chi connectivity index (χ1n) is 2.60. The summed E-state index contributed by atoms with van der Waals surface area (Å²) in [5, 5.41) is 0. The van der Waals surface area contributed by atoms with Gasteiger partial charge in [-0.25, -0.2) is 0 Å². The summed E-state index contributed by atoms with van der Waals surface area (Å²) in [6.45, 7) is 0. The highest BCUT2D eigenvalue weighted by atomic mass is 16.1. The molecular weight excluding hydrogens is 116 g/mol. The lowest BCUT2D eigenvalue weighted by Crippen LogP contribution is -2.46. The van der Waals surface area contributed by atoms with Gasteiger partial charge < -0.3 is 11.5 Å². The van der Waals surface area contributed by atoms with Crippen molar-refractivity contribution < 1.29 is 4.79 Å². The summed E-state index contributed by atoms with van der Waals surface area (Å²) in [5.74, 6) is -0.0680. The van der Waals surface area contributed by atoms with Crippen LogP contribution in [0.4, 0.5) is 0 Å². The van der Waals surface area contributed by atoms with E-state index in [-0.39, 0.29) is 5.78 Å². The number of carbonyl (C=O) groups excluding carboxylic acids is 1. The van der Waals surface area contributed by atoms with E-state index in [1.54, 1.807) is 0 Å². The van der Waals surface area contributed by atoms with Crippen molar-refractivity contribution in [3.05, 3.63) is 24.3 Å². The molecule has 0 bridgehead atoms. The van der Waals surface area contributed by atoms with Crippen molar-refractivity contribution in [1.82, 2.24) is 0 Å². The van der Waals surface area contributed by atoms with E-state index >= 15 is 0 Å². The third-order valence-corrected chi connectivity index (χ3v) is 1.07. The molecule has 0 unspecified atom stereocenters. The van der Waals surface area contributed by atoms with Gasteiger partial charge in [0.25, 0.3) is 0 Å². The molecule has 1 rings (SSSR count). The smallest absolute Gasteiger partial charge is 0.178 e. The normalized spacial score (nSPS) is 22.7. The monoisotopic (exact) mass is 124 g/mol. The summed E-state index contributed by atoms with van der Waals surface area (Å²) in [4.78, 5) is 10.5. The van der Waals surface area contributed by atoms with Gasteiger partial charge in [-0.1, -0.05) is 0 Å². The van der Waals surface area contributed by atoms with Gasteiger partial charge in [0.05, 0.1) is 0 Å². The first-order chi connectivity index (χ1) is 4.10. The van der Waals surface area contributed by atoms with Gasteiger partial charge in [0.2, 0.25) is 0 Å². The SMILES string of the molecule is NC1(N)C=CC(=O)C=C1. The van der Waals surface area contributed by atoms with Crippen LogP contribution in [0.1, 0.15) is 0 Å². The summed E-state index contributed by atoms with van der Waals surface area (Å²) in [5.41, 5.74) is 9.86. The van der Waals surface area contributed by atoms with Crippen molar-refractivity contribution in [2.75, 3.05) is 0 Å². The van der Waals surface area contributed by atoms with E-state index in [0.717, 1.165) is 0 Å². The number of carbonyl (C=O) groups is 1. The summed E-state index contributed by atoms with van der Waals surface area (Å²) in [6.07, 6.45) is 5.66. The Morgan fingerprint density at radius 1 is 1.22 bits per heavy atom. The van der Waals surface area contributed by atoms with Crippen LogP contribution in [0.2, 0.25) is 0 Å². The third kappa shape index (κ3) is 1.48. The van der Waals surface area contributed by atoms with Gasteiger partial charge in [-0.15, -0.1) is 0 Å². The van der Waals surface area contributed by atoms with Crippen molar-refractivity contribution in [1.29, 1.82) is 0 Å². The zero-order chi connectivity index (χ0) is 6.91. The van der Waals surface area contributed by atoms with Crippen LogP contribution in [-0.2, 0) is 4.79 Å². The molecule has 0 saturated heterocycles. The fourth-order valence-corrected chi connectivity index (χ4v) is 0.564. The maximum atomic E-state index is 10.5. The molecule has 0 aliphatic heterocycles. The Morgan fingerprint density at radius 3 is 2.00 bits per heavy atom. The quantitative estimate of drug-likeness (QED) is 0.419. The number of nitrogens with two attached hydrogens (primary N) is 2. The number of ketones is 1. The molecule has 9 heavy (non-hydrogen) atoms. The standard InChI is InChI=1S/C6H8N2O/c7-6(8)3-1-5(9)2-4-6/h1-4H,7-8H2. The molecule has 3 heteroatoms. The van der Waals surface area contributed by atoms with Crippen LogP contribution in [0, 0.1) is 0 Å². The molecule has 0 spiro atoms. The second-order valence-electron chi connectivity index (χ2n) is 2.07. The first kappa shape index (κ1) is 6.19. The topological polar surface area (TPSA) is 69.1 Å². The molecule has 0 fully saturated rings. The number of hydrogen-bond acceptors (Lipinski definition) is 3. The van der Waals surface area contributed by atoms with Crippen molar-refractivity contribution in [3.8, 4) is 0 Å². The molecule has 3 nitrogen and oxygen atoms in total. The maximum Gasteiger partial charge on any atom is 0.178 e. The molecule has 0 heterocycles. The van der Waals surface area contributed by atoms with E-state index in [0.29, 0.717) is 0 Å². The van der Waals surface area contributed by atoms with Gasteiger partial charge in [0.1, 0.15) is 5.66 Å². The van der Waals surface area contributed by atoms with E-state index in [1.165, 1.54) is 24.3 Å². The summed E-state index contributed by atoms with van der Waals surface area (Å²) in [7, 11) is 0. The highest BCUT2D eigenvalue weighted by Crippen LogP contribution is 2.01. The Labute approximate surface area is 53.0 Å². The van der Waals surface area contributed by atoms with Crippen LogP contribution >= 0.6 is 0 Å². The summed E-state index contributed by atoms with van der Waals surface area (Å²) < 4.78 is 0. The molecule has 0 atom stereocenters. The predicted molar refractivity (Wildman–Crippen MR) is 34.4 cm³/mol. The fraction of sp³-hybridized carbons (Fsp3) is 0.167. The van der Waals surface area contributed by atoms with E-state index in [9.17, 15) is 4.79 Å². The number of allylic oxidation sites excluding steroid dienone is 2. The molecule has 0 aromatic heterocycles. The van der Waals surface area contributed by atoms with Crippen molar-refractivity contribution in [2.45, 2.75) is 5.66 Å². The first-order valence-corrected chi connectivity index (χ1v) is 2.60. The van der Waals surface area contributed by atoms with Crippen LogP contribution in [-0.4, -0.2) is 11.4 Å². The highest BCUT2D eigenvalue weighted by Gasteiger charge is 2.13. The molecule has 0 radical (unpaired) electrons. The zero-order valence-electron chi connectivity index (χ0n) is 4.87. The fourth-order valence-electron chi connectivity index (χ4n) is 0.564. The van der Waals surface area contributed by atoms with Crippen molar-refractivity contribution in [3.63, 3.8) is 0 Å². The Bertz CT molecular complexity index is 173. The molecule has 0 saturated carbocycles. The third-order valence-electron chi connectivity index (χ3n) is 1.07. The molecule has 4 N–H and O–H groups in total. The molecule has 1 aliphatic rings. The maximum absolute atomic E-state index is 10.5. The predicted octanol–water partition coefficient (Wildman–Crippen LogP) is -0.705. The molecular formula is C6H8N2O. The highest BCUT2D eigenvalue weighted by molar-refractivity contribution is 6.00. The summed E-state index contributed by atoms with van der Waals surface area (Å²) in [6, 6.07) is 0. The van der Waals surface area contributed by atoms with E-state index in [4.69, 9.17) is 11.5 Å². The second kappa shape index (κ2) is 1.79. The average Bonchev–Trinajstić information content (AvgIpc) is 1.78. The second-order valence-corrected chi connectivity index (χ2v) is 2.07. The van der Waals surface area contributed by atoms with Crippen LogP contribution in [0.5, 0.6) is 0 Å². The number of hydrogen-bond donors (Lipinski definition) is 2. The van der Waals surface area contributed by atoms with Crippen molar-refractivity contribution >= 4 is 5.78 Å². The molecule has 0 amide bonds. The lowest BCUT2D eigenvalue weighted by Gasteiger charge is -2.16. The van der Waals surface area contributed by atoms with E-state index < -0.39 is 5.66 Å². The lowest BCUT2D eigenvalue weighted by atomic mass is 10.1. The molecule has 0 aromatic rings. The Kier molecular flexibility index (Phi) is 1.23. The minimum Gasteiger partial charge on any atom is -0.307 e. The van der Waals surface area contributed by atoms with Gasteiger partial charge in [-0.05, 0) is 24.3 Å². The van der Waals surface area contributed by atoms with Crippen LogP contribution < -0.4 is 11.5 Å². The van der Waals surface area contributed by atoms with Crippen molar-refractivity contribution in [2.24, 2.45) is 11.5 Å². The van der Waals surface area contributed by atoms with Crippen LogP contribution in [0.3, 0.4) is 0 Å². The van der Waals surface area contributed by atoms with Gasteiger partial charge in [-0.2, -0.15) is 0 Å². The Balaban J connectivity index is 2.82. The van der Waals surface area contributed by atoms with E-state index in [1.807, 2.05) is 0 Å². The average molecular weight is 124 g/mol. The molecule has 48 valence electrons. The largest absolute Gasteiger partial charge is 0.307 e. The number of rotatable bonds is 0. The van der Waals surface area contributed by atoms with E-state index in [2.05, 4.69) is 0 Å². The molecule has 0 aromatic carbocycles. The van der Waals surface area contributed by atoms with Gasteiger partial charge in [0, 0.05) is 0 Å². The summed E-state index contributed by atoms with van der Waals surface area (Å²) >= 11 is 0. The lowest BCUT2D eigenvalue weighted by molar-refractivity contribution is -0.110. The Hall–Kier alpha value is -0.930. The van der Waals surface area contributed by atoms with Gasteiger partial charge in [-0.3, -0.25) is 4.79 Å². The van der Waals surface area contributed by atoms with Crippen LogP contribution in [0.15, 0.2) is 24.3 Å². The Morgan fingerprint density at radius 2 is 1.67 bits per heavy atom.